The number of amides is 2. The number of rotatable bonds is 7. The molecule has 0 atom stereocenters. The lowest BCUT2D eigenvalue weighted by Crippen LogP contribution is -2.44. The van der Waals surface area contributed by atoms with Gasteiger partial charge in [0.1, 0.15) is 0 Å². The third-order valence-corrected chi connectivity index (χ3v) is 7.33. The van der Waals surface area contributed by atoms with E-state index in [2.05, 4.69) is 85.0 Å². The molecule has 0 spiro atoms. The number of hydrogen-bond acceptors (Lipinski definition) is 1. The van der Waals surface area contributed by atoms with Gasteiger partial charge in [0.05, 0.1) is 0 Å². The summed E-state index contributed by atoms with van der Waals surface area (Å²) in [6.07, 6.45) is 3.89. The predicted molar refractivity (Wildman–Crippen MR) is 137 cm³/mol. The minimum atomic E-state index is -0.0792. The van der Waals surface area contributed by atoms with Gasteiger partial charge in [-0.05, 0) is 60.4 Å². The van der Waals surface area contributed by atoms with Gasteiger partial charge in [0.2, 0.25) is 0 Å². The number of halogens is 1. The number of carbonyl (C=O) groups is 1. The van der Waals surface area contributed by atoms with Crippen molar-refractivity contribution in [2.75, 3.05) is 19.6 Å². The first-order valence-corrected chi connectivity index (χ1v) is 12.3. The van der Waals surface area contributed by atoms with Crippen LogP contribution in [0.4, 0.5) is 4.79 Å². The molecule has 1 aliphatic heterocycles. The molecule has 1 heterocycles. The van der Waals surface area contributed by atoms with Gasteiger partial charge < -0.3 is 10.2 Å². The Bertz CT molecular complexity index is 973. The first-order valence-electron chi connectivity index (χ1n) is 12.0. The summed E-state index contributed by atoms with van der Waals surface area (Å²) in [6, 6.07) is 29.5. The molecule has 0 radical (unpaired) electrons. The molecule has 3 aromatic carbocycles. The summed E-state index contributed by atoms with van der Waals surface area (Å²) in [5, 5.41) is 3.93. The van der Waals surface area contributed by atoms with Crippen LogP contribution in [0.5, 0.6) is 0 Å². The van der Waals surface area contributed by atoms with Gasteiger partial charge in [-0.15, -0.1) is 0 Å². The van der Waals surface area contributed by atoms with Crippen molar-refractivity contribution in [1.82, 2.24) is 10.2 Å². The zero-order valence-electron chi connectivity index (χ0n) is 19.3. The number of carbonyl (C=O) groups excluding carboxylic acids is 1. The van der Waals surface area contributed by atoms with Crippen LogP contribution >= 0.6 is 11.6 Å². The van der Waals surface area contributed by atoms with Crippen LogP contribution in [-0.4, -0.2) is 30.6 Å². The maximum Gasteiger partial charge on any atom is 0.317 e. The number of likely N-dealkylation sites (tertiary alicyclic amines) is 1. The van der Waals surface area contributed by atoms with Crippen LogP contribution in [0.3, 0.4) is 0 Å². The van der Waals surface area contributed by atoms with Crippen LogP contribution < -0.4 is 5.32 Å². The summed E-state index contributed by atoms with van der Waals surface area (Å²) in [7, 11) is 0. The van der Waals surface area contributed by atoms with E-state index in [-0.39, 0.29) is 11.4 Å². The molecule has 33 heavy (non-hydrogen) atoms. The van der Waals surface area contributed by atoms with Crippen molar-refractivity contribution < 1.29 is 4.79 Å². The van der Waals surface area contributed by atoms with Crippen molar-refractivity contribution >= 4 is 17.6 Å². The lowest BCUT2D eigenvalue weighted by Gasteiger charge is -2.33. The molecule has 172 valence electrons. The van der Waals surface area contributed by atoms with E-state index in [9.17, 15) is 4.79 Å². The van der Waals surface area contributed by atoms with Crippen molar-refractivity contribution in [3.05, 3.63) is 107 Å². The lowest BCUT2D eigenvalue weighted by atomic mass is 9.73. The van der Waals surface area contributed by atoms with Gasteiger partial charge in [0.15, 0.2) is 0 Å². The summed E-state index contributed by atoms with van der Waals surface area (Å²) in [6.45, 7) is 4.59. The predicted octanol–water partition coefficient (Wildman–Crippen LogP) is 7.02. The van der Waals surface area contributed by atoms with Gasteiger partial charge in [-0.1, -0.05) is 91.3 Å². The van der Waals surface area contributed by atoms with E-state index in [1.165, 1.54) is 16.7 Å². The molecule has 0 aromatic heterocycles. The maximum atomic E-state index is 12.7. The van der Waals surface area contributed by atoms with Gasteiger partial charge in [-0.25, -0.2) is 4.79 Å². The first kappa shape index (κ1) is 23.4. The number of nitrogens with one attached hydrogen (secondary N) is 1. The van der Waals surface area contributed by atoms with Crippen LogP contribution in [-0.2, 0) is 5.41 Å². The van der Waals surface area contributed by atoms with E-state index < -0.39 is 0 Å². The smallest absolute Gasteiger partial charge is 0.317 e. The quantitative estimate of drug-likeness (QED) is 0.377. The Morgan fingerprint density at radius 2 is 1.45 bits per heavy atom. The molecule has 1 fully saturated rings. The van der Waals surface area contributed by atoms with E-state index in [1.807, 2.05) is 17.0 Å². The van der Waals surface area contributed by atoms with Crippen molar-refractivity contribution in [3.8, 4) is 0 Å². The van der Waals surface area contributed by atoms with Crippen LogP contribution in [0.2, 0.25) is 5.02 Å². The Morgan fingerprint density at radius 3 is 2.00 bits per heavy atom. The van der Waals surface area contributed by atoms with Crippen LogP contribution in [0.15, 0.2) is 84.9 Å². The lowest BCUT2D eigenvalue weighted by molar-refractivity contribution is 0.181. The molecule has 0 bridgehead atoms. The molecule has 3 nitrogen and oxygen atoms in total. The van der Waals surface area contributed by atoms with Crippen LogP contribution in [0.1, 0.15) is 55.2 Å². The number of nitrogens with zero attached hydrogens (tertiary/aromatic N) is 1. The van der Waals surface area contributed by atoms with E-state index in [4.69, 9.17) is 11.6 Å². The highest BCUT2D eigenvalue weighted by Crippen LogP contribution is 2.36. The number of piperidine rings is 1. The number of urea groups is 1. The molecule has 0 aliphatic carbocycles. The molecule has 4 heteroatoms. The Labute approximate surface area is 202 Å². The highest BCUT2D eigenvalue weighted by atomic mass is 35.5. The molecule has 4 rings (SSSR count). The molecule has 1 saturated heterocycles. The summed E-state index contributed by atoms with van der Waals surface area (Å²) < 4.78 is 0. The van der Waals surface area contributed by atoms with Crippen molar-refractivity contribution in [3.63, 3.8) is 0 Å². The third-order valence-electron chi connectivity index (χ3n) is 7.08. The molecule has 2 amide bonds. The summed E-state index contributed by atoms with van der Waals surface area (Å²) in [4.78, 5) is 14.7. The highest BCUT2D eigenvalue weighted by Gasteiger charge is 2.28. The summed E-state index contributed by atoms with van der Waals surface area (Å²) in [5.41, 5.74) is 3.86. The average Bonchev–Trinajstić information content (AvgIpc) is 2.88. The molecular weight excluding hydrogens is 428 g/mol. The first-order chi connectivity index (χ1) is 16.1. The molecule has 0 unspecified atom stereocenters. The molecular formula is C29H33ClN2O. The maximum absolute atomic E-state index is 12.7. The second kappa shape index (κ2) is 10.9. The van der Waals surface area contributed by atoms with E-state index in [0.717, 1.165) is 43.8 Å². The molecule has 3 aromatic rings. The zero-order chi connectivity index (χ0) is 23.1. The molecule has 0 saturated carbocycles. The topological polar surface area (TPSA) is 32.3 Å². The zero-order valence-corrected chi connectivity index (χ0v) is 20.1. The summed E-state index contributed by atoms with van der Waals surface area (Å²) >= 11 is 6.01. The number of hydrogen-bond donors (Lipinski definition) is 1. The SMILES string of the molecule is CC(CCCNC(=O)N1CCC(c2ccc(Cl)cc2)CC1)(c1ccccc1)c1ccccc1. The average molecular weight is 461 g/mol. The minimum absolute atomic E-state index is 0.0608. The fourth-order valence-corrected chi connectivity index (χ4v) is 5.09. The van der Waals surface area contributed by atoms with E-state index >= 15 is 0 Å². The molecule has 1 aliphatic rings. The van der Waals surface area contributed by atoms with Gasteiger partial charge >= 0.3 is 6.03 Å². The van der Waals surface area contributed by atoms with Gasteiger partial charge in [-0.3, -0.25) is 0 Å². The van der Waals surface area contributed by atoms with Crippen molar-refractivity contribution in [1.29, 1.82) is 0 Å². The largest absolute Gasteiger partial charge is 0.338 e. The normalized spacial score (nSPS) is 14.8. The van der Waals surface area contributed by atoms with Crippen molar-refractivity contribution in [2.45, 2.75) is 43.9 Å². The van der Waals surface area contributed by atoms with E-state index in [0.29, 0.717) is 12.5 Å². The monoisotopic (exact) mass is 460 g/mol. The Morgan fingerprint density at radius 1 is 0.909 bits per heavy atom. The second-order valence-electron chi connectivity index (χ2n) is 9.21. The Balaban J connectivity index is 1.28. The second-order valence-corrected chi connectivity index (χ2v) is 9.65. The highest BCUT2D eigenvalue weighted by molar-refractivity contribution is 6.30. The third kappa shape index (κ3) is 5.78. The minimum Gasteiger partial charge on any atom is -0.338 e. The van der Waals surface area contributed by atoms with Crippen molar-refractivity contribution in [2.24, 2.45) is 0 Å². The van der Waals surface area contributed by atoms with E-state index in [1.54, 1.807) is 0 Å². The van der Waals surface area contributed by atoms with Crippen LogP contribution in [0, 0.1) is 0 Å². The summed E-state index contributed by atoms with van der Waals surface area (Å²) in [5.74, 6) is 0.503. The Hall–Kier alpha value is -2.78. The standard InChI is InChI=1S/C29H33ClN2O/c1-29(25-9-4-2-5-10-25,26-11-6-3-7-12-26)19-8-20-31-28(33)32-21-17-24(18-22-32)23-13-15-27(30)16-14-23/h2-7,9-16,24H,8,17-22H2,1H3,(H,31,33). The fraction of sp³-hybridized carbons (Fsp3) is 0.345. The van der Waals surface area contributed by atoms with Gasteiger partial charge in [0, 0.05) is 30.1 Å². The molecule has 1 N–H and O–H groups in total. The van der Waals surface area contributed by atoms with Gasteiger partial charge in [0.25, 0.3) is 0 Å². The fourth-order valence-electron chi connectivity index (χ4n) is 4.97. The Kier molecular flexibility index (Phi) is 7.72. The number of benzene rings is 3. The van der Waals surface area contributed by atoms with Gasteiger partial charge in [-0.2, -0.15) is 0 Å². The van der Waals surface area contributed by atoms with Crippen LogP contribution in [0.25, 0.3) is 0 Å².